The van der Waals surface area contributed by atoms with Crippen LogP contribution in [0.4, 0.5) is 22.0 Å². The Bertz CT molecular complexity index is 1600. The topological polar surface area (TPSA) is 119 Å². The number of methoxy groups -OCH3 is 2. The maximum absolute atomic E-state index is 13.0. The quantitative estimate of drug-likeness (QED) is 0.349. The first-order chi connectivity index (χ1) is 18.9. The van der Waals surface area contributed by atoms with Gasteiger partial charge in [-0.25, -0.2) is 14.8 Å². The molecule has 2 fully saturated rings. The molecule has 11 heteroatoms. The number of likely N-dealkylation sites (tertiary alicyclic amines) is 1. The van der Waals surface area contributed by atoms with Crippen molar-refractivity contribution in [3.05, 3.63) is 67.7 Å². The Morgan fingerprint density at radius 2 is 1.92 bits per heavy atom. The van der Waals surface area contributed by atoms with Crippen molar-refractivity contribution in [3.63, 3.8) is 0 Å². The van der Waals surface area contributed by atoms with Gasteiger partial charge in [0.05, 0.1) is 57.0 Å². The van der Waals surface area contributed by atoms with E-state index < -0.39 is 11.7 Å². The summed E-state index contributed by atoms with van der Waals surface area (Å²) in [6, 6.07) is 12.9. The van der Waals surface area contributed by atoms with E-state index in [1.54, 1.807) is 30.4 Å². The van der Waals surface area contributed by atoms with Gasteiger partial charge >= 0.3 is 6.09 Å². The van der Waals surface area contributed by atoms with Crippen molar-refractivity contribution in [1.82, 2.24) is 14.9 Å². The molecule has 2 aromatic carbocycles. The molecule has 0 radical (unpaired) electrons. The molecular formula is C28H25N5O6. The minimum atomic E-state index is -0.774. The first-order valence-corrected chi connectivity index (χ1v) is 12.2. The Morgan fingerprint density at radius 3 is 2.64 bits per heavy atom. The molecule has 4 aromatic rings. The Kier molecular flexibility index (Phi) is 5.82. The number of carbonyl (C=O) groups is 2. The minimum Gasteiger partial charge on any atom is -0.495 e. The van der Waals surface area contributed by atoms with E-state index >= 15 is 0 Å². The van der Waals surface area contributed by atoms with Crippen molar-refractivity contribution < 1.29 is 28.2 Å². The van der Waals surface area contributed by atoms with Gasteiger partial charge < -0.3 is 28.8 Å². The Morgan fingerprint density at radius 1 is 1.10 bits per heavy atom. The number of hydrogen-bond donors (Lipinski definition) is 1. The third-order valence-electron chi connectivity index (χ3n) is 6.90. The number of ether oxygens (including phenoxy) is 3. The number of fused-ring (bicyclic) bond motifs is 1. The van der Waals surface area contributed by atoms with Gasteiger partial charge in [-0.15, -0.1) is 0 Å². The number of anilines is 3. The number of amides is 2. The first kappa shape index (κ1) is 24.3. The van der Waals surface area contributed by atoms with Crippen molar-refractivity contribution >= 4 is 40.1 Å². The number of benzene rings is 2. The lowest BCUT2D eigenvalue weighted by atomic mass is 9.93. The largest absolute Gasteiger partial charge is 0.495 e. The lowest BCUT2D eigenvalue weighted by Gasteiger charge is -2.45. The summed E-state index contributed by atoms with van der Waals surface area (Å²) < 4.78 is 22.5. The highest BCUT2D eigenvalue weighted by Crippen LogP contribution is 2.42. The highest BCUT2D eigenvalue weighted by Gasteiger charge is 2.55. The normalized spacial score (nSPS) is 15.7. The van der Waals surface area contributed by atoms with Crippen LogP contribution in [0, 0.1) is 0 Å². The predicted molar refractivity (Wildman–Crippen MR) is 143 cm³/mol. The lowest BCUT2D eigenvalue weighted by molar-refractivity contribution is -0.144. The number of furan rings is 1. The number of carbonyl (C=O) groups excluding carboxylic acids is 2. The van der Waals surface area contributed by atoms with Crippen molar-refractivity contribution in [2.24, 2.45) is 0 Å². The van der Waals surface area contributed by atoms with E-state index in [4.69, 9.17) is 18.6 Å². The maximum Gasteiger partial charge on any atom is 0.415 e. The SMILES string of the molecule is C=CC(=O)N1CC2(C1)CN(c1cc3c(Nc4cc(-c5ccco5)ccc4OC)ncnc3cc1OC)C(=O)O2. The second-order valence-corrected chi connectivity index (χ2v) is 9.32. The summed E-state index contributed by atoms with van der Waals surface area (Å²) in [6.45, 7) is 4.39. The molecule has 2 saturated heterocycles. The van der Waals surface area contributed by atoms with E-state index in [1.807, 2.05) is 30.3 Å². The minimum absolute atomic E-state index is 0.196. The summed E-state index contributed by atoms with van der Waals surface area (Å²) in [5.74, 6) is 2.09. The molecular weight excluding hydrogens is 502 g/mol. The van der Waals surface area contributed by atoms with Crippen LogP contribution in [0.25, 0.3) is 22.2 Å². The van der Waals surface area contributed by atoms with Crippen LogP contribution in [0.2, 0.25) is 0 Å². The van der Waals surface area contributed by atoms with Crippen LogP contribution in [-0.4, -0.2) is 66.3 Å². The van der Waals surface area contributed by atoms with Crippen LogP contribution in [0.3, 0.4) is 0 Å². The predicted octanol–water partition coefficient (Wildman–Crippen LogP) is 4.37. The molecule has 1 N–H and O–H groups in total. The highest BCUT2D eigenvalue weighted by molar-refractivity contribution is 6.00. The molecule has 2 aliphatic heterocycles. The third kappa shape index (κ3) is 4.17. The van der Waals surface area contributed by atoms with Gasteiger partial charge in [-0.1, -0.05) is 6.58 Å². The average Bonchev–Trinajstić information content (AvgIpc) is 3.60. The van der Waals surface area contributed by atoms with Gasteiger partial charge in [0.15, 0.2) is 5.60 Å². The molecule has 2 aromatic heterocycles. The smallest absolute Gasteiger partial charge is 0.415 e. The highest BCUT2D eigenvalue weighted by atomic mass is 16.6. The van der Waals surface area contributed by atoms with E-state index in [-0.39, 0.29) is 12.5 Å². The fraction of sp³-hybridized carbons (Fsp3) is 0.214. The first-order valence-electron chi connectivity index (χ1n) is 12.2. The molecule has 0 bridgehead atoms. The van der Waals surface area contributed by atoms with Crippen LogP contribution >= 0.6 is 0 Å². The Hall–Kier alpha value is -5.06. The van der Waals surface area contributed by atoms with Crippen molar-refractivity contribution in [1.29, 1.82) is 0 Å². The molecule has 198 valence electrons. The fourth-order valence-corrected chi connectivity index (χ4v) is 4.98. The standard InChI is InChI=1S/C28H25N5O6/c1-4-25(34)32-13-28(14-32)15-33(27(35)39-28)21-11-18-19(12-24(21)37-3)29-16-30-26(18)31-20-10-17(7-8-23(20)36-2)22-6-5-9-38-22/h4-12,16H,1,13-15H2,2-3H3,(H,29,30,31). The fourth-order valence-electron chi connectivity index (χ4n) is 4.98. The summed E-state index contributed by atoms with van der Waals surface area (Å²) in [4.78, 5) is 36.9. The molecule has 39 heavy (non-hydrogen) atoms. The summed E-state index contributed by atoms with van der Waals surface area (Å²) in [5, 5.41) is 4.01. The van der Waals surface area contributed by atoms with Gasteiger partial charge in [-0.2, -0.15) is 0 Å². The summed E-state index contributed by atoms with van der Waals surface area (Å²) >= 11 is 0. The number of nitrogens with zero attached hydrogens (tertiary/aromatic N) is 4. The van der Waals surface area contributed by atoms with Crippen molar-refractivity contribution in [2.45, 2.75) is 5.60 Å². The van der Waals surface area contributed by atoms with Gasteiger partial charge in [0.1, 0.15) is 29.4 Å². The molecule has 4 heterocycles. The van der Waals surface area contributed by atoms with Gasteiger partial charge in [-0.3, -0.25) is 9.69 Å². The van der Waals surface area contributed by atoms with E-state index in [0.717, 1.165) is 5.56 Å². The van der Waals surface area contributed by atoms with Crippen molar-refractivity contribution in [3.8, 4) is 22.8 Å². The third-order valence-corrected chi connectivity index (χ3v) is 6.90. The van der Waals surface area contributed by atoms with Gasteiger partial charge in [-0.05, 0) is 42.5 Å². The molecule has 11 nitrogen and oxygen atoms in total. The van der Waals surface area contributed by atoms with E-state index in [1.165, 1.54) is 24.4 Å². The van der Waals surface area contributed by atoms with Crippen LogP contribution in [0.1, 0.15) is 0 Å². The number of nitrogens with one attached hydrogen (secondary N) is 1. The molecule has 1 spiro atoms. The zero-order valence-electron chi connectivity index (χ0n) is 21.3. The van der Waals surface area contributed by atoms with Gasteiger partial charge in [0, 0.05) is 17.0 Å². The summed E-state index contributed by atoms with van der Waals surface area (Å²) in [7, 11) is 3.12. The molecule has 0 atom stereocenters. The zero-order chi connectivity index (χ0) is 27.1. The van der Waals surface area contributed by atoms with E-state index in [9.17, 15) is 9.59 Å². The average molecular weight is 528 g/mol. The number of hydrogen-bond acceptors (Lipinski definition) is 9. The molecule has 2 amide bonds. The molecule has 0 saturated carbocycles. The van der Waals surface area contributed by atoms with Gasteiger partial charge in [0.2, 0.25) is 5.91 Å². The summed E-state index contributed by atoms with van der Waals surface area (Å²) in [5.41, 5.74) is 1.88. The van der Waals surface area contributed by atoms with Crippen molar-refractivity contribution in [2.75, 3.05) is 44.1 Å². The van der Waals surface area contributed by atoms with Crippen LogP contribution in [0.15, 0.2) is 72.1 Å². The number of rotatable bonds is 7. The number of aromatic nitrogens is 2. The van der Waals surface area contributed by atoms with E-state index in [0.29, 0.717) is 58.4 Å². The monoisotopic (exact) mass is 527 g/mol. The molecule has 0 aliphatic carbocycles. The van der Waals surface area contributed by atoms with E-state index in [2.05, 4.69) is 21.9 Å². The molecule has 6 rings (SSSR count). The Balaban J connectivity index is 1.36. The molecule has 2 aliphatic rings. The molecule has 0 unspecified atom stereocenters. The van der Waals surface area contributed by atoms with Crippen LogP contribution in [-0.2, 0) is 9.53 Å². The second kappa shape index (κ2) is 9.35. The lowest BCUT2D eigenvalue weighted by Crippen LogP contribution is -2.65. The van der Waals surface area contributed by atoms with Crippen LogP contribution < -0.4 is 19.7 Å². The second-order valence-electron chi connectivity index (χ2n) is 9.32. The zero-order valence-corrected chi connectivity index (χ0v) is 21.3. The Labute approximate surface area is 223 Å². The maximum atomic E-state index is 13.0. The van der Waals surface area contributed by atoms with Gasteiger partial charge in [0.25, 0.3) is 0 Å². The summed E-state index contributed by atoms with van der Waals surface area (Å²) in [6.07, 6.45) is 3.80. The van der Waals surface area contributed by atoms with Crippen LogP contribution in [0.5, 0.6) is 11.5 Å².